The molecule has 1 aliphatic carbocycles. The van der Waals surface area contributed by atoms with E-state index in [1.807, 2.05) is 6.92 Å². The molecule has 0 aliphatic heterocycles. The molecule has 0 aromatic rings. The van der Waals surface area contributed by atoms with E-state index in [-0.39, 0.29) is 6.10 Å². The van der Waals surface area contributed by atoms with Crippen LogP contribution >= 0.6 is 0 Å². The van der Waals surface area contributed by atoms with E-state index in [9.17, 15) is 5.11 Å². The Labute approximate surface area is 101 Å². The number of rotatable bonds is 4. The third-order valence-electron chi connectivity index (χ3n) is 3.79. The maximum absolute atomic E-state index is 9.35. The Morgan fingerprint density at radius 3 is 2.56 bits per heavy atom. The molecule has 0 saturated heterocycles. The highest BCUT2D eigenvalue weighted by molar-refractivity contribution is 4.81. The average molecular weight is 227 g/mol. The Morgan fingerprint density at radius 1 is 1.25 bits per heavy atom. The van der Waals surface area contributed by atoms with E-state index in [0.29, 0.717) is 17.5 Å². The van der Waals surface area contributed by atoms with Gasteiger partial charge in [0.05, 0.1) is 6.10 Å². The maximum atomic E-state index is 9.35. The summed E-state index contributed by atoms with van der Waals surface area (Å²) in [5.74, 6) is 0. The maximum Gasteiger partial charge on any atom is 0.0526 e. The first kappa shape index (κ1) is 14.0. The van der Waals surface area contributed by atoms with Crippen LogP contribution in [0.15, 0.2) is 0 Å². The molecule has 2 N–H and O–H groups in total. The zero-order valence-corrected chi connectivity index (χ0v) is 11.4. The van der Waals surface area contributed by atoms with Gasteiger partial charge in [-0.2, -0.15) is 0 Å². The average Bonchev–Trinajstić information content (AvgIpc) is 2.26. The first-order valence-electron chi connectivity index (χ1n) is 6.83. The highest BCUT2D eigenvalue weighted by atomic mass is 16.3. The molecule has 0 aromatic carbocycles. The molecule has 0 radical (unpaired) electrons. The highest BCUT2D eigenvalue weighted by Crippen LogP contribution is 2.33. The second-order valence-corrected chi connectivity index (χ2v) is 6.44. The lowest BCUT2D eigenvalue weighted by molar-refractivity contribution is 0.166. The van der Waals surface area contributed by atoms with Gasteiger partial charge in [-0.05, 0) is 51.4 Å². The van der Waals surface area contributed by atoms with E-state index in [0.717, 1.165) is 6.42 Å². The second kappa shape index (κ2) is 6.02. The summed E-state index contributed by atoms with van der Waals surface area (Å²) in [4.78, 5) is 0. The molecule has 1 saturated carbocycles. The molecule has 1 rings (SSSR count). The van der Waals surface area contributed by atoms with Crippen molar-refractivity contribution in [2.24, 2.45) is 5.41 Å². The third kappa shape index (κ3) is 5.31. The topological polar surface area (TPSA) is 32.3 Å². The van der Waals surface area contributed by atoms with Crippen molar-refractivity contribution < 1.29 is 5.11 Å². The number of aliphatic hydroxyl groups is 1. The summed E-state index contributed by atoms with van der Waals surface area (Å²) < 4.78 is 0. The standard InChI is InChI=1S/C14H29NO/c1-11(10-12(2)16)15-13-6-5-8-14(3,4)9-7-13/h11-13,15-16H,5-10H2,1-4H3. The van der Waals surface area contributed by atoms with E-state index < -0.39 is 0 Å². The first-order chi connectivity index (χ1) is 7.39. The molecule has 0 heterocycles. The van der Waals surface area contributed by atoms with Crippen molar-refractivity contribution in [2.45, 2.75) is 84.4 Å². The Bertz CT molecular complexity index is 201. The highest BCUT2D eigenvalue weighted by Gasteiger charge is 2.24. The minimum atomic E-state index is -0.190. The van der Waals surface area contributed by atoms with Crippen molar-refractivity contribution in [1.82, 2.24) is 5.32 Å². The molecule has 0 bridgehead atoms. The van der Waals surface area contributed by atoms with Crippen molar-refractivity contribution >= 4 is 0 Å². The molecule has 2 heteroatoms. The van der Waals surface area contributed by atoms with Gasteiger partial charge in [0.25, 0.3) is 0 Å². The van der Waals surface area contributed by atoms with Crippen molar-refractivity contribution in [3.63, 3.8) is 0 Å². The Kier molecular flexibility index (Phi) is 5.26. The summed E-state index contributed by atoms with van der Waals surface area (Å²) >= 11 is 0. The molecule has 3 unspecified atom stereocenters. The monoisotopic (exact) mass is 227 g/mol. The van der Waals surface area contributed by atoms with Gasteiger partial charge >= 0.3 is 0 Å². The fraction of sp³-hybridized carbons (Fsp3) is 1.00. The van der Waals surface area contributed by atoms with Gasteiger partial charge < -0.3 is 10.4 Å². The van der Waals surface area contributed by atoms with Crippen LogP contribution in [0.2, 0.25) is 0 Å². The molecule has 1 aliphatic rings. The van der Waals surface area contributed by atoms with E-state index in [1.165, 1.54) is 32.1 Å². The van der Waals surface area contributed by atoms with Gasteiger partial charge in [0, 0.05) is 12.1 Å². The minimum absolute atomic E-state index is 0.190. The molecule has 2 nitrogen and oxygen atoms in total. The van der Waals surface area contributed by atoms with Crippen LogP contribution in [0.5, 0.6) is 0 Å². The van der Waals surface area contributed by atoms with Gasteiger partial charge in [-0.25, -0.2) is 0 Å². The third-order valence-corrected chi connectivity index (χ3v) is 3.79. The molecular formula is C14H29NO. The first-order valence-corrected chi connectivity index (χ1v) is 6.83. The van der Waals surface area contributed by atoms with Crippen LogP contribution in [0, 0.1) is 5.41 Å². The molecule has 16 heavy (non-hydrogen) atoms. The zero-order valence-electron chi connectivity index (χ0n) is 11.4. The predicted molar refractivity (Wildman–Crippen MR) is 69.5 cm³/mol. The van der Waals surface area contributed by atoms with Crippen LogP contribution in [-0.4, -0.2) is 23.3 Å². The molecular weight excluding hydrogens is 198 g/mol. The summed E-state index contributed by atoms with van der Waals surface area (Å²) in [6.45, 7) is 8.82. The van der Waals surface area contributed by atoms with Crippen molar-refractivity contribution in [2.75, 3.05) is 0 Å². The summed E-state index contributed by atoms with van der Waals surface area (Å²) in [5, 5.41) is 13.0. The van der Waals surface area contributed by atoms with Crippen LogP contribution in [-0.2, 0) is 0 Å². The summed E-state index contributed by atoms with van der Waals surface area (Å²) in [6.07, 6.45) is 7.28. The Balaban J connectivity index is 2.32. The van der Waals surface area contributed by atoms with Crippen LogP contribution < -0.4 is 5.32 Å². The van der Waals surface area contributed by atoms with Crippen LogP contribution in [0.25, 0.3) is 0 Å². The van der Waals surface area contributed by atoms with E-state index >= 15 is 0 Å². The number of hydrogen-bond donors (Lipinski definition) is 2. The van der Waals surface area contributed by atoms with Gasteiger partial charge in [0.15, 0.2) is 0 Å². The van der Waals surface area contributed by atoms with E-state index in [2.05, 4.69) is 26.1 Å². The molecule has 3 atom stereocenters. The fourth-order valence-electron chi connectivity index (χ4n) is 2.81. The second-order valence-electron chi connectivity index (χ2n) is 6.44. The predicted octanol–water partition coefficient (Wildman–Crippen LogP) is 3.09. The van der Waals surface area contributed by atoms with Crippen LogP contribution in [0.3, 0.4) is 0 Å². The number of nitrogens with one attached hydrogen (secondary N) is 1. The summed E-state index contributed by atoms with van der Waals surface area (Å²) in [5.41, 5.74) is 0.532. The SMILES string of the molecule is CC(O)CC(C)NC1CCCC(C)(C)CC1. The van der Waals surface area contributed by atoms with Gasteiger partial charge in [-0.3, -0.25) is 0 Å². The quantitative estimate of drug-likeness (QED) is 0.723. The minimum Gasteiger partial charge on any atom is -0.393 e. The lowest BCUT2D eigenvalue weighted by atomic mass is 9.85. The van der Waals surface area contributed by atoms with E-state index in [1.54, 1.807) is 0 Å². The summed E-state index contributed by atoms with van der Waals surface area (Å²) in [6, 6.07) is 1.10. The normalized spacial score (nSPS) is 29.4. The van der Waals surface area contributed by atoms with Gasteiger partial charge in [0.2, 0.25) is 0 Å². The molecule has 1 fully saturated rings. The summed E-state index contributed by atoms with van der Waals surface area (Å²) in [7, 11) is 0. The largest absolute Gasteiger partial charge is 0.393 e. The van der Waals surface area contributed by atoms with Crippen molar-refractivity contribution in [1.29, 1.82) is 0 Å². The number of hydrogen-bond acceptors (Lipinski definition) is 2. The van der Waals surface area contributed by atoms with Gasteiger partial charge in [-0.1, -0.05) is 20.3 Å². The zero-order chi connectivity index (χ0) is 12.2. The molecule has 0 aromatic heterocycles. The number of aliphatic hydroxyl groups excluding tert-OH is 1. The molecule has 0 amide bonds. The van der Waals surface area contributed by atoms with Crippen LogP contribution in [0.4, 0.5) is 0 Å². The van der Waals surface area contributed by atoms with Gasteiger partial charge in [-0.15, -0.1) is 0 Å². The Hall–Kier alpha value is -0.0800. The van der Waals surface area contributed by atoms with Crippen molar-refractivity contribution in [3.8, 4) is 0 Å². The Morgan fingerprint density at radius 2 is 1.94 bits per heavy atom. The smallest absolute Gasteiger partial charge is 0.0526 e. The van der Waals surface area contributed by atoms with Crippen LogP contribution in [0.1, 0.15) is 66.2 Å². The molecule has 96 valence electrons. The van der Waals surface area contributed by atoms with Gasteiger partial charge in [0.1, 0.15) is 0 Å². The van der Waals surface area contributed by atoms with E-state index in [4.69, 9.17) is 0 Å². The molecule has 0 spiro atoms. The fourth-order valence-corrected chi connectivity index (χ4v) is 2.81. The lowest BCUT2D eigenvalue weighted by Crippen LogP contribution is -2.38. The van der Waals surface area contributed by atoms with Crippen molar-refractivity contribution in [3.05, 3.63) is 0 Å². The lowest BCUT2D eigenvalue weighted by Gasteiger charge is -2.24.